The largest absolute Gasteiger partial charge is 0.208 e. The van der Waals surface area contributed by atoms with Crippen molar-refractivity contribution < 1.29 is 0 Å². The van der Waals surface area contributed by atoms with Gasteiger partial charge in [0.05, 0.1) is 0 Å². The van der Waals surface area contributed by atoms with Crippen LogP contribution in [0, 0.1) is 23.7 Å². The van der Waals surface area contributed by atoms with E-state index >= 15 is 0 Å². The van der Waals surface area contributed by atoms with Crippen LogP contribution in [0.15, 0.2) is 174 Å². The van der Waals surface area contributed by atoms with E-state index in [-0.39, 0.29) is 16.2 Å². The Balaban J connectivity index is 0.906. The molecule has 4 bridgehead atoms. The molecule has 9 aromatic rings. The normalized spacial score (nSPS) is 24.0. The number of rotatable bonds is 4. The maximum Gasteiger partial charge on any atom is 0.164 e. The van der Waals surface area contributed by atoms with Crippen molar-refractivity contribution in [2.45, 2.75) is 85.8 Å². The number of benzene rings is 8. The van der Waals surface area contributed by atoms with E-state index < -0.39 is 10.0 Å². The third-order valence-electron chi connectivity index (χ3n) is 19.8. The van der Waals surface area contributed by atoms with E-state index in [1.165, 1.54) is 125 Å². The van der Waals surface area contributed by atoms with E-state index in [1.807, 2.05) is 0 Å². The highest BCUT2D eigenvalue weighted by atomic mass is 32.3. The molecular formula is C69H59N3S. The topological polar surface area (TPSA) is 38.7 Å². The van der Waals surface area contributed by atoms with Crippen molar-refractivity contribution in [3.63, 3.8) is 0 Å². The van der Waals surface area contributed by atoms with Gasteiger partial charge in [-0.25, -0.2) is 15.0 Å². The highest BCUT2D eigenvalue weighted by Crippen LogP contribution is 2.71. The molecule has 8 aromatic carbocycles. The molecule has 73 heavy (non-hydrogen) atoms. The van der Waals surface area contributed by atoms with E-state index in [0.29, 0.717) is 23.5 Å². The minimum atomic E-state index is -1.14. The molecule has 1 spiro atoms. The zero-order valence-corrected chi connectivity index (χ0v) is 43.5. The standard InChI is InChI=1S/C69H59N3S/c1-67(2)55-18-10-7-14-47(55)53-35-43(24-28-57(53)67)64-70-65(44-25-29-58-54(36-44)48-15-8-11-19-56(48)68(58,3)4)72-66(71-64)52-17-13-20-59-63(52)51-27-23-41(37-60(51)69(59)45-31-39-30-40(33-45)34-46(69)32-39)42-22-26-50-49-16-9-12-21-61(49)73(5,6)62(50)38-42/h7-29,35-40,45-46H,30-34H2,1-6H3. The zero-order valence-electron chi connectivity index (χ0n) is 42.7. The molecule has 1 aromatic heterocycles. The molecule has 7 aliphatic carbocycles. The number of hydrogen-bond acceptors (Lipinski definition) is 3. The van der Waals surface area contributed by atoms with Crippen molar-refractivity contribution in [2.75, 3.05) is 12.5 Å². The van der Waals surface area contributed by atoms with Gasteiger partial charge < -0.3 is 0 Å². The smallest absolute Gasteiger partial charge is 0.164 e. The lowest BCUT2D eigenvalue weighted by Gasteiger charge is -2.61. The predicted octanol–water partition coefficient (Wildman–Crippen LogP) is 17.3. The maximum atomic E-state index is 5.63. The Kier molecular flexibility index (Phi) is 8.43. The fourth-order valence-corrected chi connectivity index (χ4v) is 19.2. The third-order valence-corrected chi connectivity index (χ3v) is 22.7. The summed E-state index contributed by atoms with van der Waals surface area (Å²) in [7, 11) is -1.14. The van der Waals surface area contributed by atoms with Gasteiger partial charge in [-0.1, -0.05) is 161 Å². The van der Waals surface area contributed by atoms with Crippen LogP contribution in [-0.2, 0) is 16.2 Å². The molecule has 0 amide bonds. The van der Waals surface area contributed by atoms with Crippen LogP contribution in [0.5, 0.6) is 0 Å². The van der Waals surface area contributed by atoms with Crippen molar-refractivity contribution in [1.29, 1.82) is 0 Å². The minimum absolute atomic E-state index is 0.0410. The van der Waals surface area contributed by atoms with Crippen molar-refractivity contribution in [1.82, 2.24) is 15.0 Å². The predicted molar refractivity (Wildman–Crippen MR) is 301 cm³/mol. The molecule has 0 N–H and O–H groups in total. The summed E-state index contributed by atoms with van der Waals surface area (Å²) in [6, 6.07) is 62.9. The van der Waals surface area contributed by atoms with E-state index in [2.05, 4.69) is 204 Å². The maximum absolute atomic E-state index is 5.63. The van der Waals surface area contributed by atoms with Crippen LogP contribution >= 0.6 is 10.0 Å². The Bertz CT molecular complexity index is 3770. The van der Waals surface area contributed by atoms with Crippen LogP contribution in [0.4, 0.5) is 0 Å². The lowest BCUT2D eigenvalue weighted by Crippen LogP contribution is -2.55. The molecule has 8 aliphatic rings. The van der Waals surface area contributed by atoms with Gasteiger partial charge in [-0.2, -0.15) is 10.0 Å². The van der Waals surface area contributed by atoms with E-state index in [0.717, 1.165) is 34.4 Å². The SMILES string of the molecule is CC1(C)c2ccccc2-c2cc(-c3nc(-c4ccc5c(c4)-c4ccccc4C5(C)C)nc(-c4cccc5c4-c4ccc(-c6ccc7c(c6)S(C)(C)c6ccccc6-7)cc4C54C5CC6CC(C5)CC4C6)n3)ccc21. The molecule has 2 heterocycles. The number of hydrogen-bond donors (Lipinski definition) is 0. The fourth-order valence-electron chi connectivity index (χ4n) is 16.7. The summed E-state index contributed by atoms with van der Waals surface area (Å²) in [6.45, 7) is 9.40. The average Bonchev–Trinajstić information content (AvgIpc) is 4.09. The lowest BCUT2D eigenvalue weighted by atomic mass is 9.43. The molecule has 17 rings (SSSR count). The summed E-state index contributed by atoms with van der Waals surface area (Å²) in [4.78, 5) is 19.8. The summed E-state index contributed by atoms with van der Waals surface area (Å²) in [5, 5.41) is 0. The molecule has 4 heteroatoms. The molecule has 4 fully saturated rings. The Morgan fingerprint density at radius 1 is 0.356 bits per heavy atom. The van der Waals surface area contributed by atoms with Gasteiger partial charge in [0.2, 0.25) is 0 Å². The molecule has 1 aliphatic heterocycles. The van der Waals surface area contributed by atoms with Crippen molar-refractivity contribution in [3.8, 4) is 89.8 Å². The van der Waals surface area contributed by atoms with Gasteiger partial charge in [0.25, 0.3) is 0 Å². The molecular weight excluding hydrogens is 903 g/mol. The van der Waals surface area contributed by atoms with Crippen LogP contribution < -0.4 is 0 Å². The summed E-state index contributed by atoms with van der Waals surface area (Å²) in [5.41, 5.74) is 24.7. The van der Waals surface area contributed by atoms with Gasteiger partial charge in [0, 0.05) is 42.7 Å². The second-order valence-electron chi connectivity index (χ2n) is 24.4. The van der Waals surface area contributed by atoms with E-state index in [9.17, 15) is 0 Å². The van der Waals surface area contributed by atoms with Gasteiger partial charge in [0.1, 0.15) is 0 Å². The monoisotopic (exact) mass is 961 g/mol. The van der Waals surface area contributed by atoms with E-state index in [4.69, 9.17) is 15.0 Å². The Morgan fingerprint density at radius 3 is 1.44 bits per heavy atom. The summed E-state index contributed by atoms with van der Waals surface area (Å²) in [6.07, 6.45) is 11.7. The van der Waals surface area contributed by atoms with Gasteiger partial charge in [-0.3, -0.25) is 0 Å². The number of aromatic nitrogens is 3. The average molecular weight is 962 g/mol. The first kappa shape index (κ1) is 42.6. The molecule has 0 saturated heterocycles. The highest BCUT2D eigenvalue weighted by molar-refractivity contribution is 8.33. The zero-order chi connectivity index (χ0) is 48.9. The second kappa shape index (κ2) is 14.4. The minimum Gasteiger partial charge on any atom is -0.208 e. The molecule has 0 unspecified atom stereocenters. The molecule has 0 radical (unpaired) electrons. The van der Waals surface area contributed by atoms with Gasteiger partial charge in [0.15, 0.2) is 17.5 Å². The first-order valence-corrected chi connectivity index (χ1v) is 29.4. The Morgan fingerprint density at radius 2 is 0.822 bits per heavy atom. The van der Waals surface area contributed by atoms with E-state index in [1.54, 1.807) is 5.56 Å². The van der Waals surface area contributed by atoms with Crippen LogP contribution in [-0.4, -0.2) is 27.5 Å². The van der Waals surface area contributed by atoms with Crippen LogP contribution in [0.25, 0.3) is 89.8 Å². The quantitative estimate of drug-likeness (QED) is 0.176. The third kappa shape index (κ3) is 5.55. The van der Waals surface area contributed by atoms with Crippen LogP contribution in [0.1, 0.15) is 93.2 Å². The second-order valence-corrected chi connectivity index (χ2v) is 27.9. The molecule has 356 valence electrons. The first-order chi connectivity index (χ1) is 35.4. The molecule has 4 saturated carbocycles. The van der Waals surface area contributed by atoms with Crippen molar-refractivity contribution >= 4 is 10.0 Å². The first-order valence-electron chi connectivity index (χ1n) is 26.9. The van der Waals surface area contributed by atoms with Gasteiger partial charge in [-0.05, 0) is 188 Å². The van der Waals surface area contributed by atoms with Crippen molar-refractivity contribution in [3.05, 3.63) is 197 Å². The van der Waals surface area contributed by atoms with Gasteiger partial charge in [-0.15, -0.1) is 0 Å². The lowest BCUT2D eigenvalue weighted by molar-refractivity contribution is -0.0399. The number of fused-ring (bicyclic) bond motifs is 12. The molecule has 0 atom stereocenters. The fraction of sp³-hybridized carbons (Fsp3) is 0.261. The summed E-state index contributed by atoms with van der Waals surface area (Å²) >= 11 is 0. The van der Waals surface area contributed by atoms with Crippen LogP contribution in [0.3, 0.4) is 0 Å². The van der Waals surface area contributed by atoms with Crippen molar-refractivity contribution in [2.24, 2.45) is 23.7 Å². The Labute approximate surface area is 431 Å². The summed E-state index contributed by atoms with van der Waals surface area (Å²) < 4.78 is 0. The summed E-state index contributed by atoms with van der Waals surface area (Å²) in [5.74, 6) is 5.11. The highest BCUT2D eigenvalue weighted by Gasteiger charge is 2.62. The van der Waals surface area contributed by atoms with Crippen LogP contribution in [0.2, 0.25) is 0 Å². The number of nitrogens with zero attached hydrogens (tertiary/aromatic N) is 3. The Hall–Kier alpha value is -6.88. The molecule has 3 nitrogen and oxygen atoms in total. The van der Waals surface area contributed by atoms with Gasteiger partial charge >= 0.3 is 0 Å².